The van der Waals surface area contributed by atoms with E-state index in [1.54, 1.807) is 0 Å². The Morgan fingerprint density at radius 1 is 1.24 bits per heavy atom. The van der Waals surface area contributed by atoms with Crippen molar-refractivity contribution in [2.75, 3.05) is 7.11 Å². The minimum atomic E-state index is -0.456. The predicted octanol–water partition coefficient (Wildman–Crippen LogP) is 3.76. The van der Waals surface area contributed by atoms with E-state index in [4.69, 9.17) is 4.74 Å². The summed E-state index contributed by atoms with van der Waals surface area (Å²) in [5.41, 5.74) is 0.815. The Morgan fingerprint density at radius 2 is 2.05 bits per heavy atom. The van der Waals surface area contributed by atoms with Crippen molar-refractivity contribution in [3.05, 3.63) is 46.5 Å². The van der Waals surface area contributed by atoms with E-state index in [2.05, 4.69) is 9.97 Å². The number of benzene rings is 1. The van der Waals surface area contributed by atoms with Crippen LogP contribution in [0.4, 0.5) is 5.69 Å². The molecule has 3 aromatic rings. The Balaban J connectivity index is 2.01. The first kappa shape index (κ1) is 13.8. The van der Waals surface area contributed by atoms with E-state index in [1.807, 2.05) is 24.3 Å². The number of rotatable bonds is 4. The molecule has 21 heavy (non-hydrogen) atoms. The van der Waals surface area contributed by atoms with Gasteiger partial charge in [0.15, 0.2) is 9.37 Å². The summed E-state index contributed by atoms with van der Waals surface area (Å²) in [6, 6.07) is 10.6. The van der Waals surface area contributed by atoms with Crippen molar-refractivity contribution in [1.29, 1.82) is 0 Å². The second-order valence-corrected chi connectivity index (χ2v) is 6.25. The topological polar surface area (TPSA) is 78.2 Å². The maximum absolute atomic E-state index is 11.1. The summed E-state index contributed by atoms with van der Waals surface area (Å²) in [7, 11) is 1.47. The van der Waals surface area contributed by atoms with Gasteiger partial charge in [0.2, 0.25) is 5.88 Å². The molecule has 0 aliphatic carbocycles. The van der Waals surface area contributed by atoms with Gasteiger partial charge in [0, 0.05) is 12.1 Å². The molecular weight excluding hydrogens is 310 g/mol. The molecule has 1 aromatic carbocycles. The molecule has 0 spiro atoms. The number of nitro groups is 1. The van der Waals surface area contributed by atoms with Gasteiger partial charge in [0.1, 0.15) is 0 Å². The highest BCUT2D eigenvalue weighted by molar-refractivity contribution is 8.01. The van der Waals surface area contributed by atoms with Gasteiger partial charge in [-0.05, 0) is 23.9 Å². The third-order valence-corrected chi connectivity index (χ3v) is 4.77. The third-order valence-electron chi connectivity index (χ3n) is 2.68. The summed E-state index contributed by atoms with van der Waals surface area (Å²) in [5.74, 6) is 0.337. The first-order chi connectivity index (χ1) is 10.2. The van der Waals surface area contributed by atoms with E-state index >= 15 is 0 Å². The van der Waals surface area contributed by atoms with Gasteiger partial charge in [-0.3, -0.25) is 10.1 Å². The summed E-state index contributed by atoms with van der Waals surface area (Å²) in [6.45, 7) is 0. The van der Waals surface area contributed by atoms with Crippen molar-refractivity contribution in [2.45, 2.75) is 9.37 Å². The molecule has 3 rings (SSSR count). The summed E-state index contributed by atoms with van der Waals surface area (Å²) in [5, 5.41) is 11.4. The fourth-order valence-corrected chi connectivity index (χ4v) is 3.78. The Kier molecular flexibility index (Phi) is 3.72. The number of hydrogen-bond acceptors (Lipinski definition) is 7. The van der Waals surface area contributed by atoms with Crippen LogP contribution >= 0.6 is 23.1 Å². The van der Waals surface area contributed by atoms with Crippen LogP contribution in [-0.4, -0.2) is 22.0 Å². The quantitative estimate of drug-likeness (QED) is 0.538. The molecule has 106 valence electrons. The first-order valence-electron chi connectivity index (χ1n) is 5.90. The molecule has 2 heterocycles. The Morgan fingerprint density at radius 3 is 2.76 bits per heavy atom. The van der Waals surface area contributed by atoms with Crippen LogP contribution in [0.25, 0.3) is 10.2 Å². The van der Waals surface area contributed by atoms with Crippen molar-refractivity contribution >= 4 is 39.0 Å². The minimum Gasteiger partial charge on any atom is -0.481 e. The number of pyridine rings is 1. The number of hydrogen-bond donors (Lipinski definition) is 0. The molecule has 0 N–H and O–H groups in total. The molecule has 0 saturated heterocycles. The van der Waals surface area contributed by atoms with E-state index < -0.39 is 4.92 Å². The van der Waals surface area contributed by atoms with E-state index in [0.29, 0.717) is 10.2 Å². The maximum Gasteiger partial charge on any atom is 0.302 e. The number of fused-ring (bicyclic) bond motifs is 1. The zero-order valence-electron chi connectivity index (χ0n) is 10.8. The lowest BCUT2D eigenvalue weighted by Gasteiger charge is -2.02. The summed E-state index contributed by atoms with van der Waals surface area (Å²) >= 11 is 2.65. The molecule has 0 amide bonds. The monoisotopic (exact) mass is 319 g/mol. The second-order valence-electron chi connectivity index (χ2n) is 3.98. The number of aromatic nitrogens is 2. The molecule has 0 fully saturated rings. The van der Waals surface area contributed by atoms with Crippen molar-refractivity contribution < 1.29 is 9.66 Å². The van der Waals surface area contributed by atoms with Crippen LogP contribution in [0.1, 0.15) is 0 Å². The highest BCUT2D eigenvalue weighted by atomic mass is 32.2. The molecule has 0 aliphatic heterocycles. The smallest absolute Gasteiger partial charge is 0.302 e. The molecule has 0 saturated carbocycles. The zero-order valence-corrected chi connectivity index (χ0v) is 12.5. The summed E-state index contributed by atoms with van der Waals surface area (Å²) in [4.78, 5) is 19.2. The van der Waals surface area contributed by atoms with Gasteiger partial charge in [-0.1, -0.05) is 12.1 Å². The van der Waals surface area contributed by atoms with Crippen LogP contribution in [0.15, 0.2) is 45.8 Å². The molecule has 6 nitrogen and oxygen atoms in total. The average molecular weight is 319 g/mol. The van der Waals surface area contributed by atoms with Crippen molar-refractivity contribution in [3.8, 4) is 5.88 Å². The van der Waals surface area contributed by atoms with Crippen LogP contribution in [0.5, 0.6) is 5.88 Å². The van der Waals surface area contributed by atoms with Crippen LogP contribution < -0.4 is 4.74 Å². The van der Waals surface area contributed by atoms with Crippen molar-refractivity contribution in [1.82, 2.24) is 9.97 Å². The Bertz CT molecular complexity index is 786. The van der Waals surface area contributed by atoms with E-state index in [0.717, 1.165) is 10.2 Å². The first-order valence-corrected chi connectivity index (χ1v) is 7.53. The average Bonchev–Trinajstić information content (AvgIpc) is 2.89. The van der Waals surface area contributed by atoms with Gasteiger partial charge in [-0.25, -0.2) is 4.98 Å². The lowest BCUT2D eigenvalue weighted by Crippen LogP contribution is -1.95. The maximum atomic E-state index is 11.1. The molecule has 2 aromatic heterocycles. The lowest BCUT2D eigenvalue weighted by molar-refractivity contribution is -0.388. The Hall–Kier alpha value is -2.19. The van der Waals surface area contributed by atoms with Gasteiger partial charge in [0.25, 0.3) is 0 Å². The number of methoxy groups -OCH3 is 1. The fourth-order valence-electron chi connectivity index (χ4n) is 1.72. The van der Waals surface area contributed by atoms with Crippen LogP contribution in [0.2, 0.25) is 0 Å². The van der Waals surface area contributed by atoms with Crippen molar-refractivity contribution in [2.24, 2.45) is 0 Å². The normalized spacial score (nSPS) is 10.7. The third kappa shape index (κ3) is 2.81. The number of thiazole rings is 1. The van der Waals surface area contributed by atoms with E-state index in [1.165, 1.54) is 42.3 Å². The second kappa shape index (κ2) is 5.66. The van der Waals surface area contributed by atoms with Gasteiger partial charge in [-0.15, -0.1) is 11.3 Å². The van der Waals surface area contributed by atoms with Crippen LogP contribution in [0, 0.1) is 10.1 Å². The standard InChI is InChI=1S/C13H9N3O3S2/c1-19-11-7-6-9(16(17)18)12(15-11)21-13-14-8-4-2-3-5-10(8)20-13/h2-7H,1H3. The highest BCUT2D eigenvalue weighted by Gasteiger charge is 2.19. The molecule has 0 atom stereocenters. The summed E-state index contributed by atoms with van der Waals surface area (Å²) < 4.78 is 6.76. The molecule has 8 heteroatoms. The van der Waals surface area contributed by atoms with E-state index in [-0.39, 0.29) is 10.7 Å². The van der Waals surface area contributed by atoms with Gasteiger partial charge in [0.05, 0.1) is 22.2 Å². The molecule has 0 unspecified atom stereocenters. The minimum absolute atomic E-state index is 0.0555. The van der Waals surface area contributed by atoms with Crippen molar-refractivity contribution in [3.63, 3.8) is 0 Å². The number of para-hydroxylation sites is 1. The van der Waals surface area contributed by atoms with Crippen LogP contribution in [-0.2, 0) is 0 Å². The SMILES string of the molecule is COc1ccc([N+](=O)[O-])c(Sc2nc3ccccc3s2)n1. The molecule has 0 aliphatic rings. The Labute approximate surface area is 128 Å². The summed E-state index contributed by atoms with van der Waals surface area (Å²) in [6.07, 6.45) is 0. The number of ether oxygens (including phenoxy) is 1. The predicted molar refractivity (Wildman–Crippen MR) is 81.2 cm³/mol. The lowest BCUT2D eigenvalue weighted by atomic mass is 10.3. The van der Waals surface area contributed by atoms with E-state index in [9.17, 15) is 10.1 Å². The van der Waals surface area contributed by atoms with Gasteiger partial charge >= 0.3 is 5.69 Å². The van der Waals surface area contributed by atoms with Gasteiger partial charge < -0.3 is 4.74 Å². The van der Waals surface area contributed by atoms with Gasteiger partial charge in [-0.2, -0.15) is 4.98 Å². The zero-order chi connectivity index (χ0) is 14.8. The largest absolute Gasteiger partial charge is 0.481 e. The molecular formula is C13H9N3O3S2. The molecule has 0 radical (unpaired) electrons. The highest BCUT2D eigenvalue weighted by Crippen LogP contribution is 2.38. The fraction of sp³-hybridized carbons (Fsp3) is 0.0769. The van der Waals surface area contributed by atoms with Crippen LogP contribution in [0.3, 0.4) is 0 Å². The molecule has 0 bridgehead atoms. The number of nitrogens with zero attached hydrogens (tertiary/aromatic N) is 3.